The Labute approximate surface area is 229 Å². The summed E-state index contributed by atoms with van der Waals surface area (Å²) in [6.45, 7) is -1.38. The molecule has 2 aliphatic heterocycles. The molecule has 0 aliphatic carbocycles. The van der Waals surface area contributed by atoms with Crippen LogP contribution in [0.3, 0.4) is 0 Å². The van der Waals surface area contributed by atoms with Crippen molar-refractivity contribution in [2.24, 2.45) is 5.92 Å². The molecular weight excluding hydrogens is 549 g/mol. The highest BCUT2D eigenvalue weighted by Gasteiger charge is 2.40. The number of pyridine rings is 1. The van der Waals surface area contributed by atoms with E-state index >= 15 is 0 Å². The van der Waals surface area contributed by atoms with Crippen LogP contribution in [0.15, 0.2) is 42.6 Å². The van der Waals surface area contributed by atoms with Gasteiger partial charge < -0.3 is 19.9 Å². The van der Waals surface area contributed by atoms with Crippen molar-refractivity contribution in [2.75, 3.05) is 23.4 Å². The van der Waals surface area contributed by atoms with Gasteiger partial charge in [0.25, 0.3) is 5.91 Å². The van der Waals surface area contributed by atoms with E-state index in [1.807, 2.05) is 6.07 Å². The van der Waals surface area contributed by atoms with Gasteiger partial charge >= 0.3 is 6.18 Å². The molecule has 208 valence electrons. The minimum atomic E-state index is -4.44. The monoisotopic (exact) mass is 572 g/mol. The summed E-state index contributed by atoms with van der Waals surface area (Å²) in [6.07, 6.45) is -1.81. The zero-order valence-electron chi connectivity index (χ0n) is 20.9. The first-order chi connectivity index (χ1) is 19.1. The molecule has 40 heavy (non-hydrogen) atoms. The molecule has 1 aromatic carbocycles. The van der Waals surface area contributed by atoms with E-state index in [1.165, 1.54) is 23.0 Å². The van der Waals surface area contributed by atoms with Crippen molar-refractivity contribution >= 4 is 28.8 Å². The lowest BCUT2D eigenvalue weighted by Crippen LogP contribution is -2.45. The number of nitriles is 1. The second-order valence-corrected chi connectivity index (χ2v) is 11.1. The van der Waals surface area contributed by atoms with Gasteiger partial charge in [-0.15, -0.1) is 0 Å². The number of aryl methyl sites for hydroxylation is 1. The zero-order chi connectivity index (χ0) is 28.4. The van der Waals surface area contributed by atoms with Gasteiger partial charge in [0, 0.05) is 18.7 Å². The number of fused-ring (bicyclic) bond motifs is 1. The number of nitrogens with zero attached hydrogens (tertiary/aromatic N) is 4. The lowest BCUT2D eigenvalue weighted by Gasteiger charge is -2.28. The number of aromatic nitrogens is 3. The van der Waals surface area contributed by atoms with Gasteiger partial charge in [-0.2, -0.15) is 28.2 Å². The molecule has 0 bridgehead atoms. The van der Waals surface area contributed by atoms with Crippen LogP contribution in [-0.4, -0.2) is 61.5 Å². The molecule has 4 heterocycles. The second-order valence-electron chi connectivity index (χ2n) is 9.52. The Hall–Kier alpha value is -4.09. The Balaban J connectivity index is 1.34. The van der Waals surface area contributed by atoms with Gasteiger partial charge in [-0.1, -0.05) is 23.3 Å². The highest BCUT2D eigenvalue weighted by molar-refractivity contribution is 7.92. The third kappa shape index (κ3) is 6.21. The molecule has 0 radical (unpaired) electrons. The standard InChI is InChI=1S/C26H23F3N6O4S/c27-26(28,29)14-39-19-3-1-2-15(8-19)4-6-18-9-20-22(25(37)32-18)23(33-24(36)17-12-40(38)13-17)35(34-20)21-7-5-16(10-30)11-31-21/h1-3,5,7-8,11,17-18H,4,6,9,12-14H2,(H,32,37)(H,33,36)/t17?,18-,40?/m0/s1. The molecule has 2 aliphatic rings. The van der Waals surface area contributed by atoms with Crippen LogP contribution in [0.2, 0.25) is 0 Å². The fourth-order valence-electron chi connectivity index (χ4n) is 4.49. The van der Waals surface area contributed by atoms with Crippen molar-refractivity contribution in [3.8, 4) is 17.6 Å². The largest absolute Gasteiger partial charge is 0.616 e. The Morgan fingerprint density at radius 2 is 2.10 bits per heavy atom. The van der Waals surface area contributed by atoms with Crippen LogP contribution < -0.4 is 15.4 Å². The van der Waals surface area contributed by atoms with Gasteiger partial charge in [-0.3, -0.25) is 9.59 Å². The smallest absolute Gasteiger partial charge is 0.422 e. The lowest BCUT2D eigenvalue weighted by atomic mass is 9.96. The van der Waals surface area contributed by atoms with Crippen LogP contribution in [0.1, 0.15) is 33.6 Å². The molecule has 3 aromatic rings. The van der Waals surface area contributed by atoms with Crippen LogP contribution in [-0.2, 0) is 28.8 Å². The highest BCUT2D eigenvalue weighted by Crippen LogP contribution is 2.30. The van der Waals surface area contributed by atoms with Crippen LogP contribution in [0.5, 0.6) is 5.75 Å². The van der Waals surface area contributed by atoms with Crippen molar-refractivity contribution in [1.29, 1.82) is 5.26 Å². The summed E-state index contributed by atoms with van der Waals surface area (Å²) < 4.78 is 55.1. The van der Waals surface area contributed by atoms with Gasteiger partial charge in [0.1, 0.15) is 34.8 Å². The van der Waals surface area contributed by atoms with E-state index in [1.54, 1.807) is 24.3 Å². The number of alkyl halides is 3. The summed E-state index contributed by atoms with van der Waals surface area (Å²) in [7, 11) is 0. The molecule has 1 saturated heterocycles. The van der Waals surface area contributed by atoms with E-state index in [4.69, 9.17) is 10.00 Å². The first-order valence-corrected chi connectivity index (χ1v) is 13.8. The molecule has 0 unspecified atom stereocenters. The molecule has 2 amide bonds. The number of hydrogen-bond acceptors (Lipinski definition) is 7. The normalized spacial score (nSPS) is 20.1. The van der Waals surface area contributed by atoms with Gasteiger partial charge in [0.05, 0.1) is 11.3 Å². The molecular formula is C26H23F3N6O4S. The third-order valence-corrected chi connectivity index (χ3v) is 8.07. The van der Waals surface area contributed by atoms with E-state index in [-0.39, 0.29) is 40.6 Å². The Kier molecular flexibility index (Phi) is 7.68. The number of amides is 2. The molecule has 2 N–H and O–H groups in total. The lowest BCUT2D eigenvalue weighted by molar-refractivity contribution is -0.153. The van der Waals surface area contributed by atoms with E-state index in [0.29, 0.717) is 36.3 Å². The minimum absolute atomic E-state index is 0.106. The topological polar surface area (TPSA) is 145 Å². The van der Waals surface area contributed by atoms with Crippen molar-refractivity contribution in [3.63, 3.8) is 0 Å². The number of benzene rings is 1. The molecule has 2 aromatic heterocycles. The van der Waals surface area contributed by atoms with Crippen LogP contribution in [0, 0.1) is 17.2 Å². The summed E-state index contributed by atoms with van der Waals surface area (Å²) in [5.74, 6) is -0.234. The number of nitrogens with one attached hydrogen (secondary N) is 2. The average molecular weight is 573 g/mol. The van der Waals surface area contributed by atoms with E-state index in [9.17, 15) is 27.3 Å². The maximum absolute atomic E-state index is 13.2. The Morgan fingerprint density at radius 1 is 1.30 bits per heavy atom. The molecule has 5 rings (SSSR count). The quantitative estimate of drug-likeness (QED) is 0.395. The Morgan fingerprint density at radius 3 is 2.77 bits per heavy atom. The Bertz CT molecular complexity index is 1460. The predicted octanol–water partition coefficient (Wildman–Crippen LogP) is 2.68. The molecule has 0 spiro atoms. The van der Waals surface area contributed by atoms with Gasteiger partial charge in [0.15, 0.2) is 18.2 Å². The van der Waals surface area contributed by atoms with Crippen molar-refractivity contribution in [3.05, 3.63) is 65.0 Å². The van der Waals surface area contributed by atoms with Crippen molar-refractivity contribution in [2.45, 2.75) is 31.5 Å². The molecule has 0 saturated carbocycles. The van der Waals surface area contributed by atoms with Gasteiger partial charge in [-0.25, -0.2) is 4.98 Å². The first-order valence-electron chi connectivity index (χ1n) is 12.3. The van der Waals surface area contributed by atoms with E-state index < -0.39 is 35.8 Å². The molecule has 1 atom stereocenters. The van der Waals surface area contributed by atoms with Crippen LogP contribution in [0.25, 0.3) is 5.82 Å². The third-order valence-electron chi connectivity index (χ3n) is 6.52. The maximum atomic E-state index is 13.2. The summed E-state index contributed by atoms with van der Waals surface area (Å²) >= 11 is -1.04. The summed E-state index contributed by atoms with van der Waals surface area (Å²) in [6, 6.07) is 11.1. The zero-order valence-corrected chi connectivity index (χ0v) is 21.7. The molecule has 10 nitrogen and oxygen atoms in total. The molecule has 1 fully saturated rings. The fraction of sp³-hybridized carbons (Fsp3) is 0.346. The number of hydrogen-bond donors (Lipinski definition) is 2. The van der Waals surface area contributed by atoms with Crippen molar-refractivity contribution < 1.29 is 32.0 Å². The summed E-state index contributed by atoms with van der Waals surface area (Å²) in [5.41, 5.74) is 1.71. The van der Waals surface area contributed by atoms with Crippen LogP contribution in [0.4, 0.5) is 19.0 Å². The maximum Gasteiger partial charge on any atom is 0.422 e. The number of rotatable bonds is 8. The second kappa shape index (κ2) is 11.2. The molecule has 14 heteroatoms. The number of halogens is 3. The predicted molar refractivity (Wildman–Crippen MR) is 137 cm³/mol. The van der Waals surface area contributed by atoms with Gasteiger partial charge in [0.2, 0.25) is 5.91 Å². The average Bonchev–Trinajstić information content (AvgIpc) is 3.27. The number of anilines is 1. The highest BCUT2D eigenvalue weighted by atomic mass is 32.2. The fourth-order valence-corrected chi connectivity index (χ4v) is 5.59. The first kappa shape index (κ1) is 27.5. The van der Waals surface area contributed by atoms with Crippen molar-refractivity contribution in [1.82, 2.24) is 20.1 Å². The SMILES string of the molecule is N#Cc1ccc(-n2nc3c(c2NC(=O)C2C[S+]([O-])C2)C(=O)N[C@@H](CCc2cccc(OCC(F)(F)F)c2)C3)nc1. The van der Waals surface area contributed by atoms with E-state index in [0.717, 1.165) is 5.56 Å². The minimum Gasteiger partial charge on any atom is -0.616 e. The van der Waals surface area contributed by atoms with Crippen LogP contribution >= 0.6 is 0 Å². The summed E-state index contributed by atoms with van der Waals surface area (Å²) in [5, 5.41) is 19.4. The number of carbonyl (C=O) groups excluding carboxylic acids is 2. The van der Waals surface area contributed by atoms with Gasteiger partial charge in [-0.05, 0) is 42.7 Å². The number of ether oxygens (including phenoxy) is 1. The van der Waals surface area contributed by atoms with E-state index in [2.05, 4.69) is 20.7 Å². The number of carbonyl (C=O) groups is 2. The summed E-state index contributed by atoms with van der Waals surface area (Å²) in [4.78, 5) is 30.3.